The van der Waals surface area contributed by atoms with Crippen LogP contribution in [0.4, 0.5) is 5.69 Å². The standard InChI is InChI=1S/C13H10N4O3/c14-6-8-16(9-7-15)13(18)5-4-11-2-1-3-12(10-11)17(19)20/h1-5,10H,8-9H2. The van der Waals surface area contributed by atoms with Crippen molar-refractivity contribution >= 4 is 17.7 Å². The Bertz CT molecular complexity index is 609. The van der Waals surface area contributed by atoms with E-state index in [9.17, 15) is 14.9 Å². The van der Waals surface area contributed by atoms with E-state index in [0.717, 1.165) is 4.90 Å². The van der Waals surface area contributed by atoms with E-state index in [1.165, 1.54) is 30.4 Å². The largest absolute Gasteiger partial charge is 0.313 e. The van der Waals surface area contributed by atoms with Gasteiger partial charge in [0.1, 0.15) is 13.1 Å². The van der Waals surface area contributed by atoms with Crippen LogP contribution >= 0.6 is 0 Å². The van der Waals surface area contributed by atoms with Crippen molar-refractivity contribution in [3.05, 3.63) is 46.0 Å². The predicted octanol–water partition coefficient (Wildman–Crippen LogP) is 1.48. The van der Waals surface area contributed by atoms with Gasteiger partial charge in [-0.1, -0.05) is 12.1 Å². The number of amides is 1. The molecule has 0 N–H and O–H groups in total. The van der Waals surface area contributed by atoms with E-state index in [1.54, 1.807) is 18.2 Å². The lowest BCUT2D eigenvalue weighted by Gasteiger charge is -2.12. The number of hydrogen-bond acceptors (Lipinski definition) is 5. The van der Waals surface area contributed by atoms with E-state index in [4.69, 9.17) is 10.5 Å². The van der Waals surface area contributed by atoms with Gasteiger partial charge >= 0.3 is 0 Å². The van der Waals surface area contributed by atoms with Crippen molar-refractivity contribution in [2.24, 2.45) is 0 Å². The molecule has 20 heavy (non-hydrogen) atoms. The van der Waals surface area contributed by atoms with Crippen molar-refractivity contribution in [1.82, 2.24) is 4.90 Å². The molecule has 0 unspecified atom stereocenters. The van der Waals surface area contributed by atoms with E-state index in [1.807, 2.05) is 0 Å². The van der Waals surface area contributed by atoms with Gasteiger partial charge in [-0.2, -0.15) is 10.5 Å². The fourth-order valence-corrected chi connectivity index (χ4v) is 1.40. The highest BCUT2D eigenvalue weighted by Gasteiger charge is 2.09. The predicted molar refractivity (Wildman–Crippen MR) is 69.9 cm³/mol. The summed E-state index contributed by atoms with van der Waals surface area (Å²) in [6.45, 7) is -0.378. The molecule has 0 aliphatic rings. The second-order valence-electron chi connectivity index (χ2n) is 3.70. The Balaban J connectivity index is 2.84. The lowest BCUT2D eigenvalue weighted by Crippen LogP contribution is -2.30. The van der Waals surface area contributed by atoms with E-state index in [-0.39, 0.29) is 18.8 Å². The molecular weight excluding hydrogens is 260 g/mol. The maximum Gasteiger partial charge on any atom is 0.270 e. The van der Waals surface area contributed by atoms with Gasteiger partial charge in [-0.05, 0) is 11.6 Å². The highest BCUT2D eigenvalue weighted by Crippen LogP contribution is 2.14. The van der Waals surface area contributed by atoms with E-state index in [2.05, 4.69) is 0 Å². The SMILES string of the molecule is N#CCN(CC#N)C(=O)C=Cc1cccc([N+](=O)[O-])c1. The molecule has 0 bridgehead atoms. The van der Waals surface area contributed by atoms with Gasteiger partial charge in [0.15, 0.2) is 0 Å². The molecule has 0 aliphatic carbocycles. The minimum Gasteiger partial charge on any atom is -0.313 e. The molecule has 0 atom stereocenters. The summed E-state index contributed by atoms with van der Waals surface area (Å²) >= 11 is 0. The number of benzene rings is 1. The monoisotopic (exact) mass is 270 g/mol. The van der Waals surface area contributed by atoms with Crippen LogP contribution in [0.2, 0.25) is 0 Å². The zero-order chi connectivity index (χ0) is 15.0. The maximum absolute atomic E-state index is 11.7. The summed E-state index contributed by atoms with van der Waals surface area (Å²) in [6, 6.07) is 9.35. The summed E-state index contributed by atoms with van der Waals surface area (Å²) in [6.07, 6.45) is 2.57. The molecule has 0 saturated heterocycles. The lowest BCUT2D eigenvalue weighted by molar-refractivity contribution is -0.384. The number of nitriles is 2. The van der Waals surface area contributed by atoms with Crippen molar-refractivity contribution in [3.8, 4) is 12.1 Å². The van der Waals surface area contributed by atoms with Crippen molar-refractivity contribution in [2.75, 3.05) is 13.1 Å². The number of carbonyl (C=O) groups is 1. The number of non-ortho nitro benzene ring substituents is 1. The van der Waals surface area contributed by atoms with Crippen molar-refractivity contribution in [3.63, 3.8) is 0 Å². The molecule has 0 fully saturated rings. The Morgan fingerprint density at radius 1 is 1.35 bits per heavy atom. The zero-order valence-corrected chi connectivity index (χ0v) is 10.4. The third kappa shape index (κ3) is 4.24. The fourth-order valence-electron chi connectivity index (χ4n) is 1.40. The number of carbonyl (C=O) groups excluding carboxylic acids is 1. The van der Waals surface area contributed by atoms with Crippen LogP contribution in [0.15, 0.2) is 30.3 Å². The molecular formula is C13H10N4O3. The van der Waals surface area contributed by atoms with Crippen LogP contribution in [0, 0.1) is 32.8 Å². The van der Waals surface area contributed by atoms with Crippen molar-refractivity contribution in [2.45, 2.75) is 0 Å². The summed E-state index contributed by atoms with van der Waals surface area (Å²) in [5.74, 6) is -0.500. The average Bonchev–Trinajstić information content (AvgIpc) is 2.45. The highest BCUT2D eigenvalue weighted by molar-refractivity contribution is 5.92. The van der Waals surface area contributed by atoms with Crippen LogP contribution in [0.1, 0.15) is 5.56 Å². The lowest BCUT2D eigenvalue weighted by atomic mass is 10.2. The van der Waals surface area contributed by atoms with Crippen LogP contribution in [-0.2, 0) is 4.79 Å². The van der Waals surface area contributed by atoms with Gasteiger partial charge in [0.05, 0.1) is 17.1 Å². The molecule has 1 amide bonds. The Morgan fingerprint density at radius 3 is 2.55 bits per heavy atom. The Labute approximate surface area is 115 Å². The van der Waals surface area contributed by atoms with Gasteiger partial charge in [0, 0.05) is 18.2 Å². The van der Waals surface area contributed by atoms with Gasteiger partial charge in [0.2, 0.25) is 5.91 Å². The van der Waals surface area contributed by atoms with Gasteiger partial charge in [-0.3, -0.25) is 14.9 Å². The summed E-state index contributed by atoms with van der Waals surface area (Å²) in [5, 5.41) is 27.7. The molecule has 7 nitrogen and oxygen atoms in total. The van der Waals surface area contributed by atoms with Crippen molar-refractivity contribution < 1.29 is 9.72 Å². The van der Waals surface area contributed by atoms with Gasteiger partial charge in [-0.25, -0.2) is 0 Å². The molecule has 0 radical (unpaired) electrons. The molecule has 7 heteroatoms. The number of nitrogens with zero attached hydrogens (tertiary/aromatic N) is 4. The normalized spacial score (nSPS) is 9.70. The second-order valence-corrected chi connectivity index (χ2v) is 3.70. The number of nitro groups is 1. The van der Waals surface area contributed by atoms with Crippen LogP contribution < -0.4 is 0 Å². The minimum absolute atomic E-state index is 0.0782. The third-order valence-electron chi connectivity index (χ3n) is 2.33. The van der Waals surface area contributed by atoms with E-state index in [0.29, 0.717) is 5.56 Å². The summed E-state index contributed by atoms with van der Waals surface area (Å²) < 4.78 is 0. The van der Waals surface area contributed by atoms with Crippen molar-refractivity contribution in [1.29, 1.82) is 10.5 Å². The summed E-state index contributed by atoms with van der Waals surface area (Å²) in [7, 11) is 0. The van der Waals surface area contributed by atoms with Gasteiger partial charge in [-0.15, -0.1) is 0 Å². The van der Waals surface area contributed by atoms with Crippen LogP contribution in [0.3, 0.4) is 0 Å². The smallest absolute Gasteiger partial charge is 0.270 e. The molecule has 0 saturated carbocycles. The first-order valence-corrected chi connectivity index (χ1v) is 5.54. The molecule has 0 heterocycles. The quantitative estimate of drug-likeness (QED) is 0.348. The molecule has 0 aliphatic heterocycles. The van der Waals surface area contributed by atoms with E-state index < -0.39 is 10.8 Å². The Kier molecular flexibility index (Phi) is 5.42. The minimum atomic E-state index is -0.531. The topological polar surface area (TPSA) is 111 Å². The second kappa shape index (κ2) is 7.29. The molecule has 1 aromatic rings. The maximum atomic E-state index is 11.7. The van der Waals surface area contributed by atoms with Crippen LogP contribution in [0.25, 0.3) is 6.08 Å². The molecule has 100 valence electrons. The molecule has 0 aromatic heterocycles. The third-order valence-corrected chi connectivity index (χ3v) is 2.33. The number of hydrogen-bond donors (Lipinski definition) is 0. The molecule has 1 aromatic carbocycles. The van der Waals surface area contributed by atoms with Gasteiger partial charge < -0.3 is 4.90 Å². The van der Waals surface area contributed by atoms with Crippen LogP contribution in [0.5, 0.6) is 0 Å². The summed E-state index contributed by atoms with van der Waals surface area (Å²) in [5.41, 5.74) is 0.409. The van der Waals surface area contributed by atoms with Gasteiger partial charge in [0.25, 0.3) is 5.69 Å². The zero-order valence-electron chi connectivity index (χ0n) is 10.4. The Hall–Kier alpha value is -3.19. The fraction of sp³-hybridized carbons (Fsp3) is 0.154. The average molecular weight is 270 g/mol. The highest BCUT2D eigenvalue weighted by atomic mass is 16.6. The van der Waals surface area contributed by atoms with Crippen LogP contribution in [-0.4, -0.2) is 28.8 Å². The first kappa shape index (κ1) is 14.9. The molecule has 0 spiro atoms. The number of rotatable bonds is 5. The summed E-state index contributed by atoms with van der Waals surface area (Å²) in [4.78, 5) is 22.9. The van der Waals surface area contributed by atoms with E-state index >= 15 is 0 Å². The molecule has 1 rings (SSSR count). The first-order chi connectivity index (χ1) is 9.58. The first-order valence-electron chi connectivity index (χ1n) is 5.54. The Morgan fingerprint density at radius 2 is 2.00 bits per heavy atom. The number of nitro benzene ring substituents is 1.